The molecule has 0 bridgehead atoms. The van der Waals surface area contributed by atoms with Crippen LogP contribution in [0.4, 0.5) is 0 Å². The molecule has 0 saturated carbocycles. The predicted molar refractivity (Wildman–Crippen MR) is 84.5 cm³/mol. The molecule has 3 atom stereocenters. The van der Waals surface area contributed by atoms with Gasteiger partial charge in [0, 0.05) is 27.3 Å². The fourth-order valence-electron chi connectivity index (χ4n) is 2.82. The number of likely N-dealkylation sites (tertiary alicyclic amines) is 1. The van der Waals surface area contributed by atoms with E-state index in [0.29, 0.717) is 0 Å². The van der Waals surface area contributed by atoms with E-state index in [0.717, 1.165) is 36.8 Å². The lowest BCUT2D eigenvalue weighted by Crippen LogP contribution is -2.40. The van der Waals surface area contributed by atoms with Gasteiger partial charge in [-0.15, -0.1) is 11.3 Å². The minimum Gasteiger partial charge on any atom is -0.390 e. The number of hydrogen-bond acceptors (Lipinski definition) is 4. The van der Waals surface area contributed by atoms with Gasteiger partial charge in [0.15, 0.2) is 0 Å². The summed E-state index contributed by atoms with van der Waals surface area (Å²) in [6, 6.07) is 2.51. The highest BCUT2D eigenvalue weighted by atomic mass is 79.9. The van der Waals surface area contributed by atoms with Gasteiger partial charge in [-0.05, 0) is 61.7 Å². The predicted octanol–water partition coefficient (Wildman–Crippen LogP) is 3.14. The van der Waals surface area contributed by atoms with E-state index >= 15 is 0 Å². The van der Waals surface area contributed by atoms with Crippen LogP contribution >= 0.6 is 27.3 Å². The molecule has 0 radical (unpaired) electrons. The van der Waals surface area contributed by atoms with E-state index in [4.69, 9.17) is 5.73 Å². The quantitative estimate of drug-likeness (QED) is 0.883. The lowest BCUT2D eigenvalue weighted by atomic mass is 9.98. The van der Waals surface area contributed by atoms with Crippen molar-refractivity contribution in [1.29, 1.82) is 0 Å². The van der Waals surface area contributed by atoms with Gasteiger partial charge >= 0.3 is 0 Å². The average molecular weight is 347 g/mol. The van der Waals surface area contributed by atoms with Gasteiger partial charge in [-0.3, -0.25) is 4.90 Å². The van der Waals surface area contributed by atoms with Gasteiger partial charge in [0.2, 0.25) is 0 Å². The zero-order valence-electron chi connectivity index (χ0n) is 11.6. The summed E-state index contributed by atoms with van der Waals surface area (Å²) in [4.78, 5) is 3.74. The Kier molecular flexibility index (Phi) is 5.06. The molecule has 0 spiro atoms. The maximum Gasteiger partial charge on any atom is 0.0632 e. The van der Waals surface area contributed by atoms with E-state index in [9.17, 15) is 5.11 Å². The summed E-state index contributed by atoms with van der Waals surface area (Å²) >= 11 is 5.27. The molecule has 5 heteroatoms. The molecule has 2 rings (SSSR count). The summed E-state index contributed by atoms with van der Waals surface area (Å²) in [5.41, 5.74) is 5.69. The summed E-state index contributed by atoms with van der Waals surface area (Å²) in [6.45, 7) is 5.94. The Balaban J connectivity index is 2.15. The van der Waals surface area contributed by atoms with E-state index in [1.165, 1.54) is 4.88 Å². The molecular formula is C14H23BrN2OS. The van der Waals surface area contributed by atoms with Crippen molar-refractivity contribution in [1.82, 2.24) is 4.90 Å². The monoisotopic (exact) mass is 346 g/mol. The first-order valence-corrected chi connectivity index (χ1v) is 8.52. The van der Waals surface area contributed by atoms with Crippen molar-refractivity contribution < 1.29 is 5.11 Å². The number of rotatable bonds is 3. The number of nitrogens with two attached hydrogens (primary N) is 1. The van der Waals surface area contributed by atoms with Crippen molar-refractivity contribution in [2.75, 3.05) is 13.1 Å². The zero-order chi connectivity index (χ0) is 14.0. The Hall–Kier alpha value is 0.0600. The molecule has 108 valence electrons. The second-order valence-corrected chi connectivity index (χ2v) is 7.72. The van der Waals surface area contributed by atoms with Crippen LogP contribution in [-0.4, -0.2) is 34.7 Å². The normalized spacial score (nSPS) is 28.9. The summed E-state index contributed by atoms with van der Waals surface area (Å²) < 4.78 is 1.12. The summed E-state index contributed by atoms with van der Waals surface area (Å²) in [5.74, 6) is 0. The molecule has 1 aliphatic rings. The van der Waals surface area contributed by atoms with E-state index in [1.54, 1.807) is 11.3 Å². The number of thiophene rings is 1. The maximum absolute atomic E-state index is 10.2. The second kappa shape index (κ2) is 6.22. The minimum absolute atomic E-state index is 0.0913. The molecule has 1 aromatic rings. The number of hydrogen-bond donors (Lipinski definition) is 2. The first kappa shape index (κ1) is 15.4. The molecule has 2 heterocycles. The number of aliphatic hydroxyl groups is 1. The SMILES string of the molecule is CC(N)C(c1cc(Br)cs1)N1CCCC(C)(O)CC1. The zero-order valence-corrected chi connectivity index (χ0v) is 14.0. The standard InChI is InChI=1S/C14H23BrN2OS/c1-10(16)13(12-8-11(15)9-19-12)17-6-3-4-14(2,18)5-7-17/h8-10,13,18H,3-7,16H2,1-2H3. The first-order chi connectivity index (χ1) is 8.89. The first-order valence-electron chi connectivity index (χ1n) is 6.85. The van der Waals surface area contributed by atoms with Crippen LogP contribution in [0.25, 0.3) is 0 Å². The van der Waals surface area contributed by atoms with Crippen LogP contribution in [0.1, 0.15) is 44.0 Å². The fourth-order valence-corrected chi connectivity index (χ4v) is 4.51. The summed E-state index contributed by atoms with van der Waals surface area (Å²) in [6.07, 6.45) is 2.73. The lowest BCUT2D eigenvalue weighted by molar-refractivity contribution is 0.0425. The molecule has 0 aromatic carbocycles. The van der Waals surface area contributed by atoms with Gasteiger partial charge in [0.1, 0.15) is 0 Å². The molecule has 1 fully saturated rings. The van der Waals surface area contributed by atoms with Crippen molar-refractivity contribution in [3.63, 3.8) is 0 Å². The highest BCUT2D eigenvalue weighted by Crippen LogP contribution is 2.34. The van der Waals surface area contributed by atoms with Crippen molar-refractivity contribution in [2.24, 2.45) is 5.73 Å². The van der Waals surface area contributed by atoms with E-state index in [2.05, 4.69) is 39.2 Å². The van der Waals surface area contributed by atoms with Crippen molar-refractivity contribution in [2.45, 2.75) is 50.8 Å². The Morgan fingerprint density at radius 1 is 1.47 bits per heavy atom. The third-order valence-electron chi connectivity index (χ3n) is 3.87. The van der Waals surface area contributed by atoms with Gasteiger partial charge in [0.25, 0.3) is 0 Å². The van der Waals surface area contributed by atoms with Gasteiger partial charge < -0.3 is 10.8 Å². The Morgan fingerprint density at radius 2 is 2.21 bits per heavy atom. The van der Waals surface area contributed by atoms with Crippen LogP contribution in [0.15, 0.2) is 15.9 Å². The molecular weight excluding hydrogens is 324 g/mol. The van der Waals surface area contributed by atoms with Crippen molar-refractivity contribution >= 4 is 27.3 Å². The average Bonchev–Trinajstić information content (AvgIpc) is 2.63. The number of nitrogens with zero attached hydrogens (tertiary/aromatic N) is 1. The Morgan fingerprint density at radius 3 is 2.79 bits per heavy atom. The van der Waals surface area contributed by atoms with Gasteiger partial charge in [-0.25, -0.2) is 0 Å². The maximum atomic E-state index is 10.2. The van der Waals surface area contributed by atoms with Crippen LogP contribution in [0, 0.1) is 0 Å². The highest BCUT2D eigenvalue weighted by molar-refractivity contribution is 9.10. The molecule has 1 aliphatic heterocycles. The van der Waals surface area contributed by atoms with Crippen LogP contribution < -0.4 is 5.73 Å². The smallest absolute Gasteiger partial charge is 0.0632 e. The van der Waals surface area contributed by atoms with Crippen LogP contribution in [0.3, 0.4) is 0 Å². The molecule has 0 aliphatic carbocycles. The van der Waals surface area contributed by atoms with Crippen LogP contribution in [0.2, 0.25) is 0 Å². The molecule has 3 nitrogen and oxygen atoms in total. The third kappa shape index (κ3) is 4.02. The fraction of sp³-hybridized carbons (Fsp3) is 0.714. The van der Waals surface area contributed by atoms with Crippen LogP contribution in [-0.2, 0) is 0 Å². The van der Waals surface area contributed by atoms with E-state index in [1.807, 2.05) is 6.92 Å². The lowest BCUT2D eigenvalue weighted by Gasteiger charge is -2.33. The molecule has 3 unspecified atom stereocenters. The highest BCUT2D eigenvalue weighted by Gasteiger charge is 2.31. The number of halogens is 1. The van der Waals surface area contributed by atoms with Crippen LogP contribution in [0.5, 0.6) is 0 Å². The van der Waals surface area contributed by atoms with Gasteiger partial charge in [0.05, 0.1) is 11.6 Å². The third-order valence-corrected chi connectivity index (χ3v) is 5.63. The molecule has 0 amide bonds. The van der Waals surface area contributed by atoms with Crippen molar-refractivity contribution in [3.8, 4) is 0 Å². The Labute approximate surface area is 127 Å². The summed E-state index contributed by atoms with van der Waals surface area (Å²) in [7, 11) is 0. The van der Waals surface area contributed by atoms with Crippen molar-refractivity contribution in [3.05, 3.63) is 20.8 Å². The second-order valence-electron chi connectivity index (χ2n) is 5.86. The largest absolute Gasteiger partial charge is 0.390 e. The summed E-state index contributed by atoms with van der Waals surface area (Å²) in [5, 5.41) is 12.3. The van der Waals surface area contributed by atoms with Gasteiger partial charge in [-0.2, -0.15) is 0 Å². The molecule has 19 heavy (non-hydrogen) atoms. The minimum atomic E-state index is -0.521. The van der Waals surface area contributed by atoms with E-state index in [-0.39, 0.29) is 12.1 Å². The topological polar surface area (TPSA) is 49.5 Å². The Bertz CT molecular complexity index is 419. The molecule has 3 N–H and O–H groups in total. The molecule has 1 saturated heterocycles. The van der Waals surface area contributed by atoms with E-state index < -0.39 is 5.60 Å². The van der Waals surface area contributed by atoms with Gasteiger partial charge in [-0.1, -0.05) is 0 Å². The molecule has 1 aromatic heterocycles.